The fourth-order valence-corrected chi connectivity index (χ4v) is 5.59. The molecule has 0 fully saturated rings. The van der Waals surface area contributed by atoms with E-state index in [-0.39, 0.29) is 6.19 Å². The summed E-state index contributed by atoms with van der Waals surface area (Å²) in [7, 11) is 0. The van der Waals surface area contributed by atoms with Gasteiger partial charge in [-0.15, -0.1) is 11.6 Å². The Balaban J connectivity index is 1.22. The molecule has 7 heteroatoms. The van der Waals surface area contributed by atoms with Crippen molar-refractivity contribution in [2.24, 2.45) is 0 Å². The van der Waals surface area contributed by atoms with Gasteiger partial charge < -0.3 is 9.39 Å². The minimum absolute atomic E-state index is 0.0982. The topological polar surface area (TPSA) is 49.2 Å². The number of benzene rings is 3. The average Bonchev–Trinajstić information content (AvgIpc) is 3.49. The van der Waals surface area contributed by atoms with Crippen molar-refractivity contribution in [3.8, 4) is 23.1 Å². The molecule has 6 aromatic rings. The van der Waals surface area contributed by atoms with Crippen LogP contribution < -0.4 is 14.9 Å². The first-order valence-electron chi connectivity index (χ1n) is 11.3. The molecule has 3 aromatic carbocycles. The number of rotatable bonds is 4. The SMILES string of the molecule is c1cc(Oc2cc(-n3c4ccccc4c4cccnc43)ccn2)cc(B2Oc3ccccc3S2)c1. The van der Waals surface area contributed by atoms with Crippen LogP contribution in [0.4, 0.5) is 0 Å². The fourth-order valence-electron chi connectivity index (χ4n) is 4.53. The van der Waals surface area contributed by atoms with Crippen LogP contribution in [-0.4, -0.2) is 20.7 Å². The number of para-hydroxylation sites is 2. The third-order valence-electron chi connectivity index (χ3n) is 6.08. The number of nitrogens with zero attached hydrogens (tertiary/aromatic N) is 3. The van der Waals surface area contributed by atoms with Gasteiger partial charge in [0.1, 0.15) is 17.1 Å². The molecule has 0 bridgehead atoms. The predicted octanol–water partition coefficient (Wildman–Crippen LogP) is 6.25. The maximum absolute atomic E-state index is 6.21. The van der Waals surface area contributed by atoms with Crippen LogP contribution in [0.2, 0.25) is 0 Å². The summed E-state index contributed by atoms with van der Waals surface area (Å²) >= 11 is 1.70. The number of ether oxygens (including phenoxy) is 1. The molecule has 0 unspecified atom stereocenters. The molecule has 166 valence electrons. The van der Waals surface area contributed by atoms with Gasteiger partial charge in [0.25, 0.3) is 0 Å². The van der Waals surface area contributed by atoms with Crippen LogP contribution in [0.5, 0.6) is 17.4 Å². The maximum atomic E-state index is 6.21. The second kappa shape index (κ2) is 8.22. The molecule has 4 heterocycles. The summed E-state index contributed by atoms with van der Waals surface area (Å²) in [6, 6.07) is 32.4. The van der Waals surface area contributed by atoms with E-state index in [1.54, 1.807) is 17.8 Å². The van der Waals surface area contributed by atoms with Gasteiger partial charge in [-0.3, -0.25) is 4.57 Å². The monoisotopic (exact) mass is 471 g/mol. The number of fused-ring (bicyclic) bond motifs is 4. The summed E-state index contributed by atoms with van der Waals surface area (Å²) in [5.74, 6) is 2.15. The molecule has 35 heavy (non-hydrogen) atoms. The van der Waals surface area contributed by atoms with Gasteiger partial charge in [-0.2, -0.15) is 0 Å². The first kappa shape index (κ1) is 20.2. The van der Waals surface area contributed by atoms with Gasteiger partial charge in [-0.1, -0.05) is 42.5 Å². The van der Waals surface area contributed by atoms with Crippen LogP contribution in [-0.2, 0) is 0 Å². The van der Waals surface area contributed by atoms with Gasteiger partial charge in [-0.05, 0) is 54.0 Å². The quantitative estimate of drug-likeness (QED) is 0.285. The van der Waals surface area contributed by atoms with Gasteiger partial charge in [0.05, 0.1) is 11.2 Å². The van der Waals surface area contributed by atoms with E-state index in [1.807, 2.05) is 66.9 Å². The molecule has 1 aliphatic heterocycles. The van der Waals surface area contributed by atoms with Crippen molar-refractivity contribution in [3.05, 3.63) is 109 Å². The third-order valence-corrected chi connectivity index (χ3v) is 7.25. The maximum Gasteiger partial charge on any atom is 0.467 e. The molecule has 1 aliphatic rings. The number of pyridine rings is 2. The standard InChI is InChI=1S/C28H18BN3O2S/c1-2-11-24-22(9-1)23-10-6-15-31-28(23)32(24)20-14-16-30-27(18-20)33-21-8-5-7-19(17-21)29-34-25-12-3-4-13-26(25)35-29/h1-18H. The summed E-state index contributed by atoms with van der Waals surface area (Å²) in [6.45, 7) is 0. The molecular formula is C28H18BN3O2S. The Hall–Kier alpha value is -4.23. The summed E-state index contributed by atoms with van der Waals surface area (Å²) in [5, 5.41) is 2.28. The van der Waals surface area contributed by atoms with E-state index in [4.69, 9.17) is 9.39 Å². The second-order valence-electron chi connectivity index (χ2n) is 8.27. The van der Waals surface area contributed by atoms with E-state index in [0.717, 1.165) is 43.7 Å². The summed E-state index contributed by atoms with van der Waals surface area (Å²) < 4.78 is 14.5. The molecule has 0 spiro atoms. The van der Waals surface area contributed by atoms with Gasteiger partial charge in [0, 0.05) is 34.1 Å². The zero-order valence-electron chi connectivity index (χ0n) is 18.5. The Bertz CT molecular complexity index is 1640. The van der Waals surface area contributed by atoms with Crippen molar-refractivity contribution in [3.63, 3.8) is 0 Å². The summed E-state index contributed by atoms with van der Waals surface area (Å²) in [4.78, 5) is 10.3. The zero-order chi connectivity index (χ0) is 23.2. The van der Waals surface area contributed by atoms with Crippen molar-refractivity contribution in [1.82, 2.24) is 14.5 Å². The lowest BCUT2D eigenvalue weighted by atomic mass is 9.86. The smallest absolute Gasteiger partial charge is 0.467 e. The highest BCUT2D eigenvalue weighted by Gasteiger charge is 2.31. The Labute approximate surface area is 206 Å². The molecular weight excluding hydrogens is 453 g/mol. The van der Waals surface area contributed by atoms with E-state index in [0.29, 0.717) is 11.6 Å². The normalized spacial score (nSPS) is 12.6. The first-order chi connectivity index (χ1) is 17.3. The molecule has 0 atom stereocenters. The van der Waals surface area contributed by atoms with Crippen molar-refractivity contribution in [1.29, 1.82) is 0 Å². The average molecular weight is 471 g/mol. The molecule has 0 aliphatic carbocycles. The molecule has 3 aromatic heterocycles. The lowest BCUT2D eigenvalue weighted by Gasteiger charge is -2.11. The van der Waals surface area contributed by atoms with E-state index < -0.39 is 0 Å². The molecule has 7 rings (SSSR count). The van der Waals surface area contributed by atoms with Crippen LogP contribution in [0.3, 0.4) is 0 Å². The van der Waals surface area contributed by atoms with Crippen LogP contribution in [0.1, 0.15) is 0 Å². The fraction of sp³-hybridized carbons (Fsp3) is 0. The molecule has 0 saturated carbocycles. The largest absolute Gasteiger partial charge is 0.546 e. The number of hydrogen-bond donors (Lipinski definition) is 0. The third kappa shape index (κ3) is 3.52. The Morgan fingerprint density at radius 2 is 1.66 bits per heavy atom. The molecule has 0 saturated heterocycles. The van der Waals surface area contributed by atoms with E-state index >= 15 is 0 Å². The molecule has 5 nitrogen and oxygen atoms in total. The molecule has 0 N–H and O–H groups in total. The predicted molar refractivity (Wildman–Crippen MR) is 141 cm³/mol. The highest BCUT2D eigenvalue weighted by atomic mass is 32.2. The Morgan fingerprint density at radius 1 is 0.771 bits per heavy atom. The van der Waals surface area contributed by atoms with E-state index in [1.165, 1.54) is 0 Å². The Morgan fingerprint density at radius 3 is 2.63 bits per heavy atom. The van der Waals surface area contributed by atoms with Crippen molar-refractivity contribution in [2.45, 2.75) is 4.90 Å². The van der Waals surface area contributed by atoms with Gasteiger partial charge in [0.15, 0.2) is 0 Å². The van der Waals surface area contributed by atoms with Crippen molar-refractivity contribution < 1.29 is 9.39 Å². The Kier molecular flexibility index (Phi) is 4.74. The highest BCUT2D eigenvalue weighted by Crippen LogP contribution is 2.38. The zero-order valence-corrected chi connectivity index (χ0v) is 19.4. The highest BCUT2D eigenvalue weighted by molar-refractivity contribution is 8.26. The minimum Gasteiger partial charge on any atom is -0.546 e. The summed E-state index contributed by atoms with van der Waals surface area (Å²) in [6.07, 6.45) is 3.49. The van der Waals surface area contributed by atoms with Crippen LogP contribution in [0.15, 0.2) is 114 Å². The first-order valence-corrected chi connectivity index (χ1v) is 12.2. The lowest BCUT2D eigenvalue weighted by Crippen LogP contribution is -2.30. The van der Waals surface area contributed by atoms with Crippen molar-refractivity contribution >= 4 is 45.2 Å². The second-order valence-corrected chi connectivity index (χ2v) is 9.37. The molecule has 0 radical (unpaired) electrons. The van der Waals surface area contributed by atoms with Crippen LogP contribution >= 0.6 is 11.6 Å². The minimum atomic E-state index is -0.0982. The van der Waals surface area contributed by atoms with Gasteiger partial charge in [0.2, 0.25) is 5.88 Å². The van der Waals surface area contributed by atoms with Crippen LogP contribution in [0, 0.1) is 0 Å². The molecule has 0 amide bonds. The van der Waals surface area contributed by atoms with Gasteiger partial charge in [-0.25, -0.2) is 9.97 Å². The van der Waals surface area contributed by atoms with Gasteiger partial charge >= 0.3 is 6.19 Å². The number of aromatic nitrogens is 3. The summed E-state index contributed by atoms with van der Waals surface area (Å²) in [5.41, 5.74) is 3.99. The lowest BCUT2D eigenvalue weighted by molar-refractivity contribution is 0.463. The van der Waals surface area contributed by atoms with Crippen LogP contribution in [0.25, 0.3) is 27.6 Å². The number of hydrogen-bond acceptors (Lipinski definition) is 5. The van der Waals surface area contributed by atoms with E-state index in [9.17, 15) is 0 Å². The van der Waals surface area contributed by atoms with Crippen molar-refractivity contribution in [2.75, 3.05) is 0 Å². The van der Waals surface area contributed by atoms with E-state index in [2.05, 4.69) is 50.9 Å².